The summed E-state index contributed by atoms with van der Waals surface area (Å²) in [4.78, 5) is 64.2. The molecular formula is C49H42N6O3S2. The fourth-order valence-corrected chi connectivity index (χ4v) is 10.3. The number of aliphatic imine (C=N–C) groups is 1. The van der Waals surface area contributed by atoms with Crippen molar-refractivity contribution in [3.63, 3.8) is 0 Å². The smallest absolute Gasteiger partial charge is 0.276 e. The Morgan fingerprint density at radius 3 is 1.75 bits per heavy atom. The van der Waals surface area contributed by atoms with E-state index in [9.17, 15) is 14.4 Å². The lowest BCUT2D eigenvalue weighted by Crippen LogP contribution is -2.35. The summed E-state index contributed by atoms with van der Waals surface area (Å²) >= 11 is 3.29. The van der Waals surface area contributed by atoms with E-state index in [2.05, 4.69) is 58.5 Å². The van der Waals surface area contributed by atoms with E-state index in [1.54, 1.807) is 47.2 Å². The summed E-state index contributed by atoms with van der Waals surface area (Å²) in [7, 11) is 0. The van der Waals surface area contributed by atoms with Crippen LogP contribution < -0.4 is 0 Å². The molecule has 3 aromatic heterocycles. The third-order valence-electron chi connectivity index (χ3n) is 11.3. The SMILES string of the molecule is O=C(N=CC(C(=O)N1CCC[C@H]1c1ncc(-c2ccc(-c3ccc(-c4cnc([C@@H]5CCCN5C(=O)Cc5ccccc5)s4)cc3)cc2)s1)c1ccccc1)c1ccncc1. The number of carbonyl (C=O) groups excluding carboxylic acids is 3. The number of carbonyl (C=O) groups is 3. The summed E-state index contributed by atoms with van der Waals surface area (Å²) in [5.74, 6) is -1.05. The average Bonchev–Trinajstić information content (AvgIpc) is 4.15. The van der Waals surface area contributed by atoms with Crippen LogP contribution in [0.3, 0.4) is 0 Å². The lowest BCUT2D eigenvalue weighted by molar-refractivity contribution is -0.132. The normalized spacial score (nSPS) is 17.0. The second-order valence-electron chi connectivity index (χ2n) is 15.1. The lowest BCUT2D eigenvalue weighted by atomic mass is 9.98. The van der Waals surface area contributed by atoms with Crippen LogP contribution in [0, 0.1) is 0 Å². The Labute approximate surface area is 357 Å². The van der Waals surface area contributed by atoms with Crippen LogP contribution in [0.1, 0.15) is 75.2 Å². The molecule has 2 aliphatic rings. The van der Waals surface area contributed by atoms with Crippen LogP contribution in [-0.2, 0) is 16.0 Å². The third-order valence-corrected chi connectivity index (χ3v) is 13.6. The molecule has 5 heterocycles. The first kappa shape index (κ1) is 39.1. The van der Waals surface area contributed by atoms with Gasteiger partial charge >= 0.3 is 0 Å². The van der Waals surface area contributed by atoms with Gasteiger partial charge in [0.1, 0.15) is 10.0 Å². The summed E-state index contributed by atoms with van der Waals surface area (Å²) in [5, 5.41) is 1.90. The first-order valence-electron chi connectivity index (χ1n) is 20.3. The molecule has 0 saturated carbocycles. The molecule has 2 saturated heterocycles. The maximum Gasteiger partial charge on any atom is 0.276 e. The minimum atomic E-state index is -0.705. The van der Waals surface area contributed by atoms with Gasteiger partial charge in [-0.3, -0.25) is 19.4 Å². The van der Waals surface area contributed by atoms with Gasteiger partial charge < -0.3 is 9.80 Å². The van der Waals surface area contributed by atoms with Crippen molar-refractivity contribution in [2.75, 3.05) is 13.1 Å². The largest absolute Gasteiger partial charge is 0.333 e. The fraction of sp³-hybridized carbons (Fsp3) is 0.204. The molecule has 0 radical (unpaired) electrons. The van der Waals surface area contributed by atoms with Gasteiger partial charge in [-0.05, 0) is 71.2 Å². The number of nitrogens with zero attached hydrogens (tertiary/aromatic N) is 6. The third kappa shape index (κ3) is 8.50. The Morgan fingerprint density at radius 2 is 1.17 bits per heavy atom. The van der Waals surface area contributed by atoms with E-state index in [1.807, 2.05) is 82.9 Å². The highest BCUT2D eigenvalue weighted by molar-refractivity contribution is 7.15. The van der Waals surface area contributed by atoms with Crippen molar-refractivity contribution >= 4 is 46.6 Å². The van der Waals surface area contributed by atoms with E-state index >= 15 is 0 Å². The van der Waals surface area contributed by atoms with Crippen LogP contribution in [0.4, 0.5) is 0 Å². The Bertz CT molecular complexity index is 2610. The summed E-state index contributed by atoms with van der Waals surface area (Å²) in [5.41, 5.74) is 6.65. The molecule has 60 heavy (non-hydrogen) atoms. The Morgan fingerprint density at radius 1 is 0.650 bits per heavy atom. The van der Waals surface area contributed by atoms with Crippen LogP contribution in [-0.4, -0.2) is 61.8 Å². The van der Waals surface area contributed by atoms with Crippen LogP contribution >= 0.6 is 22.7 Å². The zero-order chi connectivity index (χ0) is 40.8. The van der Waals surface area contributed by atoms with Gasteiger partial charge in [0.05, 0.1) is 34.2 Å². The molecule has 4 aromatic carbocycles. The quantitative estimate of drug-likeness (QED) is 0.120. The first-order chi connectivity index (χ1) is 29.5. The van der Waals surface area contributed by atoms with Crippen LogP contribution in [0.25, 0.3) is 32.0 Å². The molecule has 9 rings (SSSR count). The highest BCUT2D eigenvalue weighted by atomic mass is 32.1. The molecule has 2 aliphatic heterocycles. The highest BCUT2D eigenvalue weighted by Crippen LogP contribution is 2.40. The van der Waals surface area contributed by atoms with Gasteiger partial charge in [0.2, 0.25) is 11.8 Å². The van der Waals surface area contributed by atoms with Crippen molar-refractivity contribution < 1.29 is 14.4 Å². The van der Waals surface area contributed by atoms with E-state index in [-0.39, 0.29) is 23.9 Å². The van der Waals surface area contributed by atoms with Crippen molar-refractivity contribution in [3.05, 3.63) is 173 Å². The molecular weight excluding hydrogens is 785 g/mol. The van der Waals surface area contributed by atoms with Crippen molar-refractivity contribution in [1.82, 2.24) is 24.8 Å². The fourth-order valence-electron chi connectivity index (χ4n) is 8.13. The summed E-state index contributed by atoms with van der Waals surface area (Å²) in [6, 6.07) is 39.7. The minimum Gasteiger partial charge on any atom is -0.333 e. The molecule has 0 N–H and O–H groups in total. The lowest BCUT2D eigenvalue weighted by Gasteiger charge is -2.26. The van der Waals surface area contributed by atoms with E-state index in [1.165, 1.54) is 6.21 Å². The van der Waals surface area contributed by atoms with E-state index in [0.29, 0.717) is 18.5 Å². The molecule has 0 bridgehead atoms. The molecule has 298 valence electrons. The molecule has 3 amide bonds. The summed E-state index contributed by atoms with van der Waals surface area (Å²) < 4.78 is 0. The second kappa shape index (κ2) is 17.8. The molecule has 1 unspecified atom stereocenters. The number of hydrogen-bond donors (Lipinski definition) is 0. The van der Waals surface area contributed by atoms with Crippen molar-refractivity contribution in [2.24, 2.45) is 4.99 Å². The number of pyridine rings is 1. The van der Waals surface area contributed by atoms with Gasteiger partial charge in [-0.1, -0.05) is 109 Å². The van der Waals surface area contributed by atoms with Gasteiger partial charge in [0.15, 0.2) is 0 Å². The minimum absolute atomic E-state index is 0.0285. The van der Waals surface area contributed by atoms with Gasteiger partial charge in [-0.15, -0.1) is 22.7 Å². The van der Waals surface area contributed by atoms with Gasteiger partial charge in [-0.25, -0.2) is 15.0 Å². The number of likely N-dealkylation sites (tertiary alicyclic amines) is 2. The van der Waals surface area contributed by atoms with Crippen molar-refractivity contribution in [1.29, 1.82) is 0 Å². The molecule has 0 spiro atoms. The van der Waals surface area contributed by atoms with Crippen molar-refractivity contribution in [3.8, 4) is 32.0 Å². The summed E-state index contributed by atoms with van der Waals surface area (Å²) in [6.07, 6.45) is 12.5. The van der Waals surface area contributed by atoms with Gasteiger partial charge in [0.25, 0.3) is 5.91 Å². The van der Waals surface area contributed by atoms with E-state index in [0.717, 1.165) is 85.4 Å². The average molecular weight is 827 g/mol. The molecule has 7 aromatic rings. The summed E-state index contributed by atoms with van der Waals surface area (Å²) in [6.45, 7) is 1.38. The predicted molar refractivity (Wildman–Crippen MR) is 238 cm³/mol. The van der Waals surface area contributed by atoms with E-state index in [4.69, 9.17) is 9.97 Å². The first-order valence-corrected chi connectivity index (χ1v) is 21.9. The number of thiazole rings is 2. The monoisotopic (exact) mass is 826 g/mol. The van der Waals surface area contributed by atoms with Crippen LogP contribution in [0.2, 0.25) is 0 Å². The molecule has 9 nitrogen and oxygen atoms in total. The number of aromatic nitrogens is 3. The maximum absolute atomic E-state index is 14.2. The topological polar surface area (TPSA) is 109 Å². The van der Waals surface area contributed by atoms with E-state index < -0.39 is 11.8 Å². The molecule has 0 aliphatic carbocycles. The molecule has 11 heteroatoms. The molecule has 3 atom stereocenters. The number of hydrogen-bond acceptors (Lipinski definition) is 8. The highest BCUT2D eigenvalue weighted by Gasteiger charge is 2.36. The van der Waals surface area contributed by atoms with Crippen LogP contribution in [0.5, 0.6) is 0 Å². The van der Waals surface area contributed by atoms with Crippen molar-refractivity contribution in [2.45, 2.75) is 50.1 Å². The predicted octanol–water partition coefficient (Wildman–Crippen LogP) is 10.3. The Hall–Kier alpha value is -6.43. The number of rotatable bonds is 11. The van der Waals surface area contributed by atoms with Gasteiger partial charge in [-0.2, -0.15) is 0 Å². The Kier molecular flexibility index (Phi) is 11.6. The number of benzene rings is 4. The zero-order valence-electron chi connectivity index (χ0n) is 32.8. The van der Waals surface area contributed by atoms with Crippen LogP contribution in [0.15, 0.2) is 151 Å². The van der Waals surface area contributed by atoms with Gasteiger partial charge in [0, 0.05) is 49.7 Å². The molecule has 2 fully saturated rings. The number of amides is 3. The maximum atomic E-state index is 14.2. The second-order valence-corrected chi connectivity index (χ2v) is 17.2. The zero-order valence-corrected chi connectivity index (χ0v) is 34.5. The standard InChI is InChI=1S/C49H42N6O3S2/c56-45(29-33-9-3-1-4-10-33)54-27-7-13-41(54)47-52-31-43(59-47)37-19-15-34(16-20-37)35-17-21-38(22-18-35)44-32-53-48(60-44)42-14-8-28-55(42)49(58)40(36-11-5-2-6-12-36)30-51-46(57)39-23-25-50-26-24-39/h1-6,9-12,15-26,30-32,40-42H,7-8,13-14,27-29H2/t40?,41-,42-/m0/s1. The Balaban J connectivity index is 0.857.